The molecule has 3 aromatic carbocycles. The van der Waals surface area contributed by atoms with Crippen molar-refractivity contribution in [3.8, 4) is 17.2 Å². The number of anilines is 1. The van der Waals surface area contributed by atoms with Crippen molar-refractivity contribution in [3.63, 3.8) is 0 Å². The lowest BCUT2D eigenvalue weighted by Crippen LogP contribution is -2.39. The molecule has 212 valence electrons. The Morgan fingerprint density at radius 2 is 1.75 bits per heavy atom. The van der Waals surface area contributed by atoms with Gasteiger partial charge in [0.1, 0.15) is 18.3 Å². The van der Waals surface area contributed by atoms with Gasteiger partial charge < -0.3 is 19.5 Å². The molecule has 3 aromatic rings. The highest BCUT2D eigenvalue weighted by Gasteiger charge is 2.30. The number of methoxy groups -OCH3 is 1. The molecular formula is C29H30BrCl2N3O5. The third kappa shape index (κ3) is 8.61. The monoisotopic (exact) mass is 649 g/mol. The van der Waals surface area contributed by atoms with E-state index in [4.69, 9.17) is 37.4 Å². The number of carbonyl (C=O) groups is 2. The van der Waals surface area contributed by atoms with E-state index in [1.54, 1.807) is 75.6 Å². The van der Waals surface area contributed by atoms with Crippen molar-refractivity contribution in [1.29, 1.82) is 0 Å². The van der Waals surface area contributed by atoms with Gasteiger partial charge in [0.15, 0.2) is 11.5 Å². The first-order chi connectivity index (χ1) is 19.1. The highest BCUT2D eigenvalue weighted by atomic mass is 79.9. The average molecular weight is 651 g/mol. The van der Waals surface area contributed by atoms with Gasteiger partial charge in [0.25, 0.3) is 5.91 Å². The number of hydrogen-bond acceptors (Lipinski definition) is 6. The van der Waals surface area contributed by atoms with Crippen LogP contribution in [0.4, 0.5) is 5.69 Å². The lowest BCUT2D eigenvalue weighted by molar-refractivity contribution is -0.134. The van der Waals surface area contributed by atoms with Crippen molar-refractivity contribution in [3.05, 3.63) is 80.2 Å². The van der Waals surface area contributed by atoms with Crippen LogP contribution in [0.5, 0.6) is 17.2 Å². The van der Waals surface area contributed by atoms with Gasteiger partial charge in [-0.2, -0.15) is 5.10 Å². The Labute approximate surface area is 252 Å². The smallest absolute Gasteiger partial charge is 0.252 e. The predicted octanol–water partition coefficient (Wildman–Crippen LogP) is 7.10. The number of hydrazone groups is 1. The van der Waals surface area contributed by atoms with Gasteiger partial charge in [-0.15, -0.1) is 0 Å². The van der Waals surface area contributed by atoms with Crippen LogP contribution in [0.1, 0.15) is 31.9 Å². The summed E-state index contributed by atoms with van der Waals surface area (Å²) in [6.07, 6.45) is 1.46. The van der Waals surface area contributed by atoms with E-state index in [0.29, 0.717) is 49.6 Å². The molecule has 1 unspecified atom stereocenters. The third-order valence-corrected chi connectivity index (χ3v) is 6.87. The zero-order chi connectivity index (χ0) is 29.2. The van der Waals surface area contributed by atoms with Crippen molar-refractivity contribution < 1.29 is 23.8 Å². The zero-order valence-corrected chi connectivity index (χ0v) is 25.6. The van der Waals surface area contributed by atoms with Crippen LogP contribution in [0.2, 0.25) is 10.0 Å². The molecule has 0 radical (unpaired) electrons. The number of carbonyl (C=O) groups excluding carboxylic acids is 2. The predicted molar refractivity (Wildman–Crippen MR) is 162 cm³/mol. The second kappa shape index (κ2) is 14.9. The average Bonchev–Trinajstić information content (AvgIpc) is 2.89. The number of halogens is 3. The molecule has 0 aliphatic carbocycles. The molecule has 0 aliphatic heterocycles. The van der Waals surface area contributed by atoms with Gasteiger partial charge in [-0.3, -0.25) is 9.59 Å². The molecular weight excluding hydrogens is 621 g/mol. The van der Waals surface area contributed by atoms with Crippen LogP contribution in [0.3, 0.4) is 0 Å². The van der Waals surface area contributed by atoms with Gasteiger partial charge in [-0.05, 0) is 82.9 Å². The van der Waals surface area contributed by atoms with Gasteiger partial charge in [-0.25, -0.2) is 5.43 Å². The van der Waals surface area contributed by atoms with Crippen LogP contribution in [0, 0.1) is 11.8 Å². The van der Waals surface area contributed by atoms with Crippen LogP contribution in [-0.4, -0.2) is 31.7 Å². The Hall–Kier alpha value is -3.27. The third-order valence-electron chi connectivity index (χ3n) is 5.70. The summed E-state index contributed by atoms with van der Waals surface area (Å²) >= 11 is 15.8. The number of nitrogens with one attached hydrogen (secondary N) is 2. The molecule has 0 saturated carbocycles. The van der Waals surface area contributed by atoms with Crippen LogP contribution in [0.25, 0.3) is 0 Å². The fourth-order valence-corrected chi connectivity index (χ4v) is 4.75. The quantitative estimate of drug-likeness (QED) is 0.124. The molecule has 2 N–H and O–H groups in total. The first-order valence-electron chi connectivity index (χ1n) is 12.4. The number of hydrogen-bond donors (Lipinski definition) is 2. The number of amides is 2. The van der Waals surface area contributed by atoms with Crippen LogP contribution < -0.4 is 25.0 Å². The van der Waals surface area contributed by atoms with Gasteiger partial charge in [0, 0.05) is 21.3 Å². The Kier molecular flexibility index (Phi) is 11.7. The molecule has 1 atom stereocenters. The Morgan fingerprint density at radius 3 is 2.38 bits per heavy atom. The minimum absolute atomic E-state index is 0.202. The van der Waals surface area contributed by atoms with Gasteiger partial charge in [0.2, 0.25) is 5.91 Å². The van der Waals surface area contributed by atoms with Crippen molar-refractivity contribution in [2.24, 2.45) is 16.9 Å². The number of ether oxygens (including phenoxy) is 3. The van der Waals surface area contributed by atoms with E-state index in [0.717, 1.165) is 5.56 Å². The minimum atomic E-state index is -0.958. The van der Waals surface area contributed by atoms with Crippen molar-refractivity contribution >= 4 is 62.8 Å². The Bertz CT molecular complexity index is 1370. The van der Waals surface area contributed by atoms with Gasteiger partial charge in [0.05, 0.1) is 24.4 Å². The number of benzene rings is 3. The van der Waals surface area contributed by atoms with Crippen molar-refractivity contribution in [2.45, 2.75) is 27.4 Å². The maximum atomic E-state index is 12.9. The molecule has 0 fully saturated rings. The summed E-state index contributed by atoms with van der Waals surface area (Å²) in [6.45, 7) is 6.05. The highest BCUT2D eigenvalue weighted by Crippen LogP contribution is 2.37. The van der Waals surface area contributed by atoms with E-state index < -0.39 is 17.7 Å². The molecule has 0 spiro atoms. The summed E-state index contributed by atoms with van der Waals surface area (Å²) in [5.74, 6) is -0.552. The SMILES string of the molecule is CCOc1cc(C=NNC(=O)C(C(=O)Nc2ccc(OC)cc2)C(C)C)cc(Br)c1OCc1ccc(Cl)cc1Cl. The minimum Gasteiger partial charge on any atom is -0.497 e. The maximum absolute atomic E-state index is 12.9. The summed E-state index contributed by atoms with van der Waals surface area (Å²) in [7, 11) is 1.56. The molecule has 0 bridgehead atoms. The molecule has 3 rings (SSSR count). The van der Waals surface area contributed by atoms with E-state index >= 15 is 0 Å². The summed E-state index contributed by atoms with van der Waals surface area (Å²) in [5.41, 5.74) is 4.44. The van der Waals surface area contributed by atoms with E-state index in [1.165, 1.54) is 6.21 Å². The lowest BCUT2D eigenvalue weighted by atomic mass is 9.94. The zero-order valence-electron chi connectivity index (χ0n) is 22.5. The van der Waals surface area contributed by atoms with Gasteiger partial charge >= 0.3 is 0 Å². The first-order valence-corrected chi connectivity index (χ1v) is 14.0. The molecule has 11 heteroatoms. The molecule has 0 heterocycles. The van der Waals surface area contributed by atoms with Crippen LogP contribution >= 0.6 is 39.1 Å². The summed E-state index contributed by atoms with van der Waals surface area (Å²) in [4.78, 5) is 25.8. The fourth-order valence-electron chi connectivity index (χ4n) is 3.71. The molecule has 0 aromatic heterocycles. The fraction of sp³-hybridized carbons (Fsp3) is 0.276. The summed E-state index contributed by atoms with van der Waals surface area (Å²) in [5, 5.41) is 7.88. The standard InChI is InChI=1S/C29H30BrCl2N3O5/c1-5-39-25-13-18(12-23(30)27(25)40-16-19-6-7-20(31)14-24(19)32)15-33-35-29(37)26(17(2)3)28(36)34-21-8-10-22(38-4)11-9-21/h6-15,17,26H,5,16H2,1-4H3,(H,34,36)(H,35,37). The summed E-state index contributed by atoms with van der Waals surface area (Å²) < 4.78 is 17.5. The molecule has 8 nitrogen and oxygen atoms in total. The van der Waals surface area contributed by atoms with Crippen molar-refractivity contribution in [2.75, 3.05) is 19.0 Å². The van der Waals surface area contributed by atoms with E-state index in [9.17, 15) is 9.59 Å². The maximum Gasteiger partial charge on any atom is 0.252 e. The van der Waals surface area contributed by atoms with E-state index in [1.807, 2.05) is 6.92 Å². The van der Waals surface area contributed by atoms with Crippen LogP contribution in [-0.2, 0) is 16.2 Å². The van der Waals surface area contributed by atoms with E-state index in [2.05, 4.69) is 31.8 Å². The largest absolute Gasteiger partial charge is 0.497 e. The Balaban J connectivity index is 1.69. The molecule has 40 heavy (non-hydrogen) atoms. The number of nitrogens with zero attached hydrogens (tertiary/aromatic N) is 1. The topological polar surface area (TPSA) is 98.2 Å². The van der Waals surface area contributed by atoms with Crippen molar-refractivity contribution in [1.82, 2.24) is 5.43 Å². The van der Waals surface area contributed by atoms with Crippen LogP contribution in [0.15, 0.2) is 64.2 Å². The molecule has 0 aliphatic rings. The van der Waals surface area contributed by atoms with Gasteiger partial charge in [-0.1, -0.05) is 43.1 Å². The normalized spacial score (nSPS) is 11.8. The second-order valence-electron chi connectivity index (χ2n) is 8.96. The lowest BCUT2D eigenvalue weighted by Gasteiger charge is -2.18. The Morgan fingerprint density at radius 1 is 1.02 bits per heavy atom. The first kappa shape index (κ1) is 31.3. The summed E-state index contributed by atoms with van der Waals surface area (Å²) in [6, 6.07) is 15.6. The second-order valence-corrected chi connectivity index (χ2v) is 10.7. The van der Waals surface area contributed by atoms with E-state index in [-0.39, 0.29) is 12.5 Å². The highest BCUT2D eigenvalue weighted by molar-refractivity contribution is 9.10. The molecule has 2 amide bonds. The number of rotatable bonds is 12. The molecule has 0 saturated heterocycles.